The molecule has 0 aliphatic heterocycles. The molecule has 1 atom stereocenters. The molecule has 1 aliphatic carbocycles. The first-order valence-electron chi connectivity index (χ1n) is 7.00. The minimum absolute atomic E-state index is 0.205. The SMILES string of the molecule is Cc1ccc(OCC(C)Nc2nc(C3CC3)ns2)cc1. The van der Waals surface area contributed by atoms with E-state index in [9.17, 15) is 0 Å². The van der Waals surface area contributed by atoms with E-state index in [1.54, 1.807) is 0 Å². The highest BCUT2D eigenvalue weighted by Crippen LogP contribution is 2.39. The number of anilines is 1. The van der Waals surface area contributed by atoms with E-state index in [0.29, 0.717) is 12.5 Å². The molecule has 1 saturated carbocycles. The summed E-state index contributed by atoms with van der Waals surface area (Å²) in [5.74, 6) is 2.52. The van der Waals surface area contributed by atoms with Crippen molar-refractivity contribution in [3.05, 3.63) is 35.7 Å². The number of nitrogens with zero attached hydrogens (tertiary/aromatic N) is 2. The van der Waals surface area contributed by atoms with Gasteiger partial charge in [-0.15, -0.1) is 0 Å². The summed E-state index contributed by atoms with van der Waals surface area (Å²) < 4.78 is 10.1. The van der Waals surface area contributed by atoms with Crippen molar-refractivity contribution in [3.8, 4) is 5.75 Å². The number of rotatable bonds is 6. The first-order chi connectivity index (χ1) is 9.70. The van der Waals surface area contributed by atoms with E-state index in [4.69, 9.17) is 4.74 Å². The second kappa shape index (κ2) is 5.79. The predicted molar refractivity (Wildman–Crippen MR) is 81.6 cm³/mol. The van der Waals surface area contributed by atoms with Gasteiger partial charge in [0.25, 0.3) is 0 Å². The van der Waals surface area contributed by atoms with Gasteiger partial charge in [-0.25, -0.2) is 4.98 Å². The summed E-state index contributed by atoms with van der Waals surface area (Å²) in [6.45, 7) is 4.77. The summed E-state index contributed by atoms with van der Waals surface area (Å²) in [5, 5.41) is 4.24. The van der Waals surface area contributed by atoms with Crippen LogP contribution < -0.4 is 10.1 Å². The third kappa shape index (κ3) is 3.48. The van der Waals surface area contributed by atoms with Crippen LogP contribution in [0.15, 0.2) is 24.3 Å². The molecule has 0 amide bonds. The van der Waals surface area contributed by atoms with E-state index in [2.05, 4.69) is 40.7 Å². The Morgan fingerprint density at radius 2 is 2.10 bits per heavy atom. The lowest BCUT2D eigenvalue weighted by molar-refractivity contribution is 0.304. The van der Waals surface area contributed by atoms with Crippen molar-refractivity contribution >= 4 is 16.7 Å². The number of hydrogen-bond donors (Lipinski definition) is 1. The van der Waals surface area contributed by atoms with Gasteiger partial charge in [0, 0.05) is 17.5 Å². The van der Waals surface area contributed by atoms with Crippen molar-refractivity contribution in [1.82, 2.24) is 9.36 Å². The molecule has 20 heavy (non-hydrogen) atoms. The topological polar surface area (TPSA) is 47.0 Å². The largest absolute Gasteiger partial charge is 0.491 e. The van der Waals surface area contributed by atoms with Gasteiger partial charge in [-0.2, -0.15) is 4.37 Å². The first-order valence-corrected chi connectivity index (χ1v) is 7.77. The van der Waals surface area contributed by atoms with Crippen molar-refractivity contribution < 1.29 is 4.74 Å². The molecule has 1 aliphatic rings. The smallest absolute Gasteiger partial charge is 0.202 e. The molecule has 5 heteroatoms. The molecule has 1 aromatic carbocycles. The van der Waals surface area contributed by atoms with Crippen LogP contribution in [-0.2, 0) is 0 Å². The zero-order valence-electron chi connectivity index (χ0n) is 11.8. The third-order valence-corrected chi connectivity index (χ3v) is 3.94. The Bertz CT molecular complexity index is 563. The first kappa shape index (κ1) is 13.4. The Balaban J connectivity index is 1.48. The van der Waals surface area contributed by atoms with E-state index in [-0.39, 0.29) is 6.04 Å². The van der Waals surface area contributed by atoms with Crippen LogP contribution in [0.3, 0.4) is 0 Å². The van der Waals surface area contributed by atoms with Gasteiger partial charge >= 0.3 is 0 Å². The zero-order valence-corrected chi connectivity index (χ0v) is 12.6. The van der Waals surface area contributed by atoms with Crippen LogP contribution in [0.4, 0.5) is 5.13 Å². The Morgan fingerprint density at radius 3 is 2.80 bits per heavy atom. The lowest BCUT2D eigenvalue weighted by Gasteiger charge is -2.14. The molecule has 0 spiro atoms. The van der Waals surface area contributed by atoms with Crippen LogP contribution in [0.2, 0.25) is 0 Å². The van der Waals surface area contributed by atoms with Crippen LogP contribution in [0.25, 0.3) is 0 Å². The molecule has 0 bridgehead atoms. The number of benzene rings is 1. The van der Waals surface area contributed by atoms with Crippen molar-refractivity contribution in [3.63, 3.8) is 0 Å². The van der Waals surface area contributed by atoms with Gasteiger partial charge < -0.3 is 10.1 Å². The second-order valence-corrected chi connectivity index (χ2v) is 6.15. The van der Waals surface area contributed by atoms with Crippen molar-refractivity contribution in [2.75, 3.05) is 11.9 Å². The normalized spacial score (nSPS) is 15.9. The second-order valence-electron chi connectivity index (χ2n) is 5.40. The molecule has 1 N–H and O–H groups in total. The van der Waals surface area contributed by atoms with Crippen LogP contribution in [0, 0.1) is 6.92 Å². The van der Waals surface area contributed by atoms with E-state index in [1.165, 1.54) is 29.9 Å². The molecule has 106 valence electrons. The van der Waals surface area contributed by atoms with E-state index >= 15 is 0 Å². The van der Waals surface area contributed by atoms with Crippen LogP contribution in [0.5, 0.6) is 5.75 Å². The van der Waals surface area contributed by atoms with Gasteiger partial charge in [0.2, 0.25) is 5.13 Å². The molecule has 1 aromatic heterocycles. The molecule has 1 heterocycles. The average Bonchev–Trinajstić information content (AvgIpc) is 3.19. The number of nitrogens with one attached hydrogen (secondary N) is 1. The lowest BCUT2D eigenvalue weighted by Crippen LogP contribution is -2.23. The molecule has 1 fully saturated rings. The number of ether oxygens (including phenoxy) is 1. The van der Waals surface area contributed by atoms with Crippen molar-refractivity contribution in [1.29, 1.82) is 0 Å². The molecule has 4 nitrogen and oxygen atoms in total. The standard InChI is InChI=1S/C15H19N3OS/c1-10-3-7-13(8-4-10)19-9-11(2)16-15-17-14(18-20-15)12-5-6-12/h3-4,7-8,11-12H,5-6,9H2,1-2H3,(H,16,17,18). The van der Waals surface area contributed by atoms with E-state index in [0.717, 1.165) is 16.7 Å². The fraction of sp³-hybridized carbons (Fsp3) is 0.467. The summed E-state index contributed by atoms with van der Waals surface area (Å²) in [7, 11) is 0. The molecule has 1 unspecified atom stereocenters. The van der Waals surface area contributed by atoms with Crippen molar-refractivity contribution in [2.45, 2.75) is 38.6 Å². The number of aromatic nitrogens is 2. The zero-order chi connectivity index (χ0) is 13.9. The molecule has 0 saturated heterocycles. The molecular formula is C15H19N3OS. The quantitative estimate of drug-likeness (QED) is 0.882. The Kier molecular flexibility index (Phi) is 3.87. The molecular weight excluding hydrogens is 270 g/mol. The summed E-state index contributed by atoms with van der Waals surface area (Å²) in [6, 6.07) is 8.31. The highest BCUT2D eigenvalue weighted by Gasteiger charge is 2.27. The van der Waals surface area contributed by atoms with Crippen LogP contribution in [-0.4, -0.2) is 22.0 Å². The maximum Gasteiger partial charge on any atom is 0.202 e. The number of aryl methyl sites for hydroxylation is 1. The molecule has 2 aromatic rings. The fourth-order valence-corrected chi connectivity index (χ4v) is 2.67. The monoisotopic (exact) mass is 289 g/mol. The fourth-order valence-electron chi connectivity index (χ4n) is 1.91. The van der Waals surface area contributed by atoms with Crippen LogP contribution >= 0.6 is 11.5 Å². The van der Waals surface area contributed by atoms with Gasteiger partial charge in [-0.3, -0.25) is 0 Å². The summed E-state index contributed by atoms with van der Waals surface area (Å²) in [4.78, 5) is 4.52. The Morgan fingerprint density at radius 1 is 1.35 bits per heavy atom. The minimum atomic E-state index is 0.205. The maximum atomic E-state index is 5.76. The van der Waals surface area contributed by atoms with Gasteiger partial charge in [-0.05, 0) is 38.8 Å². The summed E-state index contributed by atoms with van der Waals surface area (Å²) in [5.41, 5.74) is 1.24. The third-order valence-electron chi connectivity index (χ3n) is 3.28. The lowest BCUT2D eigenvalue weighted by atomic mass is 10.2. The Labute approximate surface area is 123 Å². The summed E-state index contributed by atoms with van der Waals surface area (Å²) in [6.07, 6.45) is 2.48. The molecule has 0 radical (unpaired) electrons. The van der Waals surface area contributed by atoms with Gasteiger partial charge in [0.05, 0.1) is 6.04 Å². The number of hydrogen-bond acceptors (Lipinski definition) is 5. The predicted octanol–water partition coefficient (Wildman–Crippen LogP) is 3.60. The van der Waals surface area contributed by atoms with E-state index in [1.807, 2.05) is 12.1 Å². The average molecular weight is 289 g/mol. The minimum Gasteiger partial charge on any atom is -0.491 e. The van der Waals surface area contributed by atoms with Crippen molar-refractivity contribution in [2.24, 2.45) is 0 Å². The highest BCUT2D eigenvalue weighted by molar-refractivity contribution is 7.09. The summed E-state index contributed by atoms with van der Waals surface area (Å²) >= 11 is 1.44. The Hall–Kier alpha value is -1.62. The highest BCUT2D eigenvalue weighted by atomic mass is 32.1. The maximum absolute atomic E-state index is 5.76. The van der Waals surface area contributed by atoms with Crippen LogP contribution in [0.1, 0.15) is 37.1 Å². The van der Waals surface area contributed by atoms with Gasteiger partial charge in [0.1, 0.15) is 18.2 Å². The van der Waals surface area contributed by atoms with Gasteiger partial charge in [0.15, 0.2) is 0 Å². The van der Waals surface area contributed by atoms with Gasteiger partial charge in [-0.1, -0.05) is 17.7 Å². The molecule has 3 rings (SSSR count). The van der Waals surface area contributed by atoms with E-state index < -0.39 is 0 Å².